The van der Waals surface area contributed by atoms with Gasteiger partial charge in [-0.05, 0) is 42.3 Å². The van der Waals surface area contributed by atoms with Crippen molar-refractivity contribution in [2.75, 3.05) is 6.54 Å². The summed E-state index contributed by atoms with van der Waals surface area (Å²) in [6, 6.07) is 20.6. The van der Waals surface area contributed by atoms with Gasteiger partial charge in [-0.3, -0.25) is 4.79 Å². The molecule has 0 bridgehead atoms. The van der Waals surface area contributed by atoms with Gasteiger partial charge in [0.1, 0.15) is 0 Å². The molecule has 1 N–H and O–H groups in total. The first-order valence-electron chi connectivity index (χ1n) is 9.57. The molecular weight excluding hydrogens is 455 g/mol. The average Bonchev–Trinajstić information content (AvgIpc) is 2.74. The SMILES string of the molecule is Cc1cccc(CNC(=O)CN(Cc2ccc(Cl)cc2Cl)S(=O)(=O)c2ccccc2)c1. The van der Waals surface area contributed by atoms with E-state index in [1.165, 1.54) is 12.1 Å². The third-order valence-corrected chi connectivity index (χ3v) is 7.03. The number of carbonyl (C=O) groups excluding carboxylic acids is 1. The van der Waals surface area contributed by atoms with E-state index in [9.17, 15) is 13.2 Å². The summed E-state index contributed by atoms with van der Waals surface area (Å²) >= 11 is 12.2. The molecule has 3 aromatic rings. The topological polar surface area (TPSA) is 66.5 Å². The van der Waals surface area contributed by atoms with E-state index >= 15 is 0 Å². The Labute approximate surface area is 192 Å². The highest BCUT2D eigenvalue weighted by molar-refractivity contribution is 7.89. The Bertz CT molecular complexity index is 1170. The lowest BCUT2D eigenvalue weighted by atomic mass is 10.1. The van der Waals surface area contributed by atoms with Gasteiger partial charge in [-0.1, -0.05) is 77.3 Å². The summed E-state index contributed by atoms with van der Waals surface area (Å²) in [5.74, 6) is -0.411. The monoisotopic (exact) mass is 476 g/mol. The van der Waals surface area contributed by atoms with Crippen LogP contribution in [-0.2, 0) is 27.9 Å². The first-order valence-corrected chi connectivity index (χ1v) is 11.8. The summed E-state index contributed by atoms with van der Waals surface area (Å²) in [5.41, 5.74) is 2.57. The van der Waals surface area contributed by atoms with Gasteiger partial charge >= 0.3 is 0 Å². The van der Waals surface area contributed by atoms with E-state index in [1.807, 2.05) is 31.2 Å². The number of aryl methyl sites for hydroxylation is 1. The van der Waals surface area contributed by atoms with E-state index < -0.39 is 15.9 Å². The summed E-state index contributed by atoms with van der Waals surface area (Å²) in [4.78, 5) is 12.8. The molecule has 0 saturated carbocycles. The molecule has 0 radical (unpaired) electrons. The van der Waals surface area contributed by atoms with Crippen LogP contribution in [0.4, 0.5) is 0 Å². The summed E-state index contributed by atoms with van der Waals surface area (Å²) < 4.78 is 27.6. The molecule has 5 nitrogen and oxygen atoms in total. The molecule has 0 fully saturated rings. The van der Waals surface area contributed by atoms with Gasteiger partial charge in [-0.2, -0.15) is 4.31 Å². The third kappa shape index (κ3) is 6.31. The molecule has 0 aliphatic heterocycles. The van der Waals surface area contributed by atoms with Crippen LogP contribution in [0.3, 0.4) is 0 Å². The fraction of sp³-hybridized carbons (Fsp3) is 0.174. The highest BCUT2D eigenvalue weighted by atomic mass is 35.5. The Balaban J connectivity index is 1.82. The minimum absolute atomic E-state index is 0.0644. The largest absolute Gasteiger partial charge is 0.351 e. The van der Waals surface area contributed by atoms with Crippen molar-refractivity contribution in [1.29, 1.82) is 0 Å². The van der Waals surface area contributed by atoms with E-state index in [0.29, 0.717) is 22.2 Å². The van der Waals surface area contributed by atoms with Crippen molar-refractivity contribution in [2.45, 2.75) is 24.9 Å². The number of nitrogens with one attached hydrogen (secondary N) is 1. The molecule has 1 amide bonds. The van der Waals surface area contributed by atoms with E-state index in [1.54, 1.807) is 36.4 Å². The molecular formula is C23H22Cl2N2O3S. The standard InChI is InChI=1S/C23H22Cl2N2O3S/c1-17-6-5-7-18(12-17)14-26-23(28)16-27(15-19-10-11-20(24)13-22(19)25)31(29,30)21-8-3-2-4-9-21/h2-13H,14-16H2,1H3,(H,26,28). The lowest BCUT2D eigenvalue weighted by molar-refractivity contribution is -0.121. The van der Waals surface area contributed by atoms with E-state index in [0.717, 1.165) is 15.4 Å². The number of rotatable bonds is 8. The molecule has 0 heterocycles. The van der Waals surface area contributed by atoms with Crippen molar-refractivity contribution in [3.05, 3.63) is 99.5 Å². The molecule has 31 heavy (non-hydrogen) atoms. The van der Waals surface area contributed by atoms with Crippen LogP contribution in [0.5, 0.6) is 0 Å². The lowest BCUT2D eigenvalue weighted by Gasteiger charge is -2.22. The van der Waals surface area contributed by atoms with Crippen LogP contribution >= 0.6 is 23.2 Å². The molecule has 8 heteroatoms. The molecule has 162 valence electrons. The first kappa shape index (κ1) is 23.3. The summed E-state index contributed by atoms with van der Waals surface area (Å²) in [6.45, 7) is 1.86. The van der Waals surface area contributed by atoms with Crippen molar-refractivity contribution in [1.82, 2.24) is 9.62 Å². The normalized spacial score (nSPS) is 11.5. The van der Waals surface area contributed by atoms with Crippen molar-refractivity contribution in [3.8, 4) is 0 Å². The summed E-state index contributed by atoms with van der Waals surface area (Å²) in [5, 5.41) is 3.57. The zero-order valence-electron chi connectivity index (χ0n) is 16.9. The third-order valence-electron chi connectivity index (χ3n) is 4.63. The van der Waals surface area contributed by atoms with Crippen LogP contribution in [0.1, 0.15) is 16.7 Å². The number of benzene rings is 3. The van der Waals surface area contributed by atoms with E-state index in [-0.39, 0.29) is 18.0 Å². The van der Waals surface area contributed by atoms with Gasteiger partial charge < -0.3 is 5.32 Å². The molecule has 0 aliphatic rings. The molecule has 0 atom stereocenters. The maximum atomic E-state index is 13.2. The minimum atomic E-state index is -3.93. The Morgan fingerprint density at radius 3 is 2.39 bits per heavy atom. The van der Waals surface area contributed by atoms with Crippen LogP contribution in [0.25, 0.3) is 0 Å². The second kappa shape index (κ2) is 10.3. The second-order valence-electron chi connectivity index (χ2n) is 7.09. The van der Waals surface area contributed by atoms with Gasteiger partial charge in [0.2, 0.25) is 15.9 Å². The van der Waals surface area contributed by atoms with Gasteiger partial charge in [0, 0.05) is 23.1 Å². The van der Waals surface area contributed by atoms with Gasteiger partial charge in [0.15, 0.2) is 0 Å². The number of nitrogens with zero attached hydrogens (tertiary/aromatic N) is 1. The summed E-state index contributed by atoms with van der Waals surface area (Å²) in [7, 11) is -3.93. The van der Waals surface area contributed by atoms with E-state index in [4.69, 9.17) is 23.2 Å². The number of halogens is 2. The maximum absolute atomic E-state index is 13.2. The van der Waals surface area contributed by atoms with Gasteiger partial charge in [0.25, 0.3) is 0 Å². The van der Waals surface area contributed by atoms with Gasteiger partial charge in [-0.25, -0.2) is 8.42 Å². The lowest BCUT2D eigenvalue weighted by Crippen LogP contribution is -2.40. The van der Waals surface area contributed by atoms with Crippen LogP contribution < -0.4 is 5.32 Å². The number of hydrogen-bond acceptors (Lipinski definition) is 3. The molecule has 0 aromatic heterocycles. The van der Waals surface area contributed by atoms with E-state index in [2.05, 4.69) is 5.32 Å². The number of amides is 1. The Morgan fingerprint density at radius 2 is 1.71 bits per heavy atom. The Kier molecular flexibility index (Phi) is 7.73. The van der Waals surface area contributed by atoms with Crippen molar-refractivity contribution < 1.29 is 13.2 Å². The van der Waals surface area contributed by atoms with Crippen LogP contribution in [0.2, 0.25) is 10.0 Å². The maximum Gasteiger partial charge on any atom is 0.243 e. The molecule has 0 saturated heterocycles. The van der Waals surface area contributed by atoms with Crippen molar-refractivity contribution in [2.24, 2.45) is 0 Å². The van der Waals surface area contributed by atoms with Crippen molar-refractivity contribution >= 4 is 39.1 Å². The molecule has 0 spiro atoms. The molecule has 0 unspecified atom stereocenters. The fourth-order valence-corrected chi connectivity index (χ4v) is 4.91. The number of sulfonamides is 1. The predicted molar refractivity (Wildman–Crippen MR) is 124 cm³/mol. The quantitative estimate of drug-likeness (QED) is 0.507. The summed E-state index contributed by atoms with van der Waals surface area (Å²) in [6.07, 6.45) is 0. The zero-order chi connectivity index (χ0) is 22.4. The first-order chi connectivity index (χ1) is 14.8. The minimum Gasteiger partial charge on any atom is -0.351 e. The average molecular weight is 477 g/mol. The number of hydrogen-bond donors (Lipinski definition) is 1. The second-order valence-corrected chi connectivity index (χ2v) is 9.87. The van der Waals surface area contributed by atoms with Crippen molar-refractivity contribution in [3.63, 3.8) is 0 Å². The molecule has 3 aromatic carbocycles. The molecule has 3 rings (SSSR count). The van der Waals surface area contributed by atoms with Crippen LogP contribution in [-0.4, -0.2) is 25.2 Å². The van der Waals surface area contributed by atoms with Crippen LogP contribution in [0.15, 0.2) is 77.7 Å². The zero-order valence-corrected chi connectivity index (χ0v) is 19.2. The highest BCUT2D eigenvalue weighted by Crippen LogP contribution is 2.25. The van der Waals surface area contributed by atoms with Gasteiger partial charge in [0.05, 0.1) is 11.4 Å². The highest BCUT2D eigenvalue weighted by Gasteiger charge is 2.27. The van der Waals surface area contributed by atoms with Crippen LogP contribution in [0, 0.1) is 6.92 Å². The predicted octanol–water partition coefficient (Wildman–Crippen LogP) is 4.81. The fourth-order valence-electron chi connectivity index (χ4n) is 3.05. The Morgan fingerprint density at radius 1 is 0.968 bits per heavy atom. The smallest absolute Gasteiger partial charge is 0.243 e. The molecule has 0 aliphatic carbocycles. The number of carbonyl (C=O) groups is 1. The van der Waals surface area contributed by atoms with Gasteiger partial charge in [-0.15, -0.1) is 0 Å². The Hall–Kier alpha value is -2.38.